The molecule has 76 valence electrons. The highest BCUT2D eigenvalue weighted by Gasteiger charge is 2.10. The summed E-state index contributed by atoms with van der Waals surface area (Å²) < 4.78 is 1.51. The van der Waals surface area contributed by atoms with Gasteiger partial charge in [0.2, 0.25) is 0 Å². The smallest absolute Gasteiger partial charge is 0.253 e. The molecule has 0 unspecified atom stereocenters. The number of nitrogens with one attached hydrogen (secondary N) is 1. The molecule has 0 atom stereocenters. The fourth-order valence-corrected chi connectivity index (χ4v) is 1.42. The van der Waals surface area contributed by atoms with Crippen molar-refractivity contribution >= 4 is 17.7 Å². The Bertz CT molecular complexity index is 530. The molecule has 0 fully saturated rings. The molecule has 0 aliphatic carbocycles. The van der Waals surface area contributed by atoms with Crippen LogP contribution in [0, 0.1) is 0 Å². The van der Waals surface area contributed by atoms with Crippen molar-refractivity contribution in [1.82, 2.24) is 14.9 Å². The third-order valence-corrected chi connectivity index (χ3v) is 2.11. The van der Waals surface area contributed by atoms with Crippen LogP contribution in [0.2, 0.25) is 0 Å². The van der Waals surface area contributed by atoms with Gasteiger partial charge in [-0.15, -0.1) is 0 Å². The molecule has 0 saturated heterocycles. The Kier molecular flexibility index (Phi) is 2.21. The highest BCUT2D eigenvalue weighted by atomic mass is 16.1. The van der Waals surface area contributed by atoms with E-state index in [0.717, 1.165) is 0 Å². The number of nitrogens with zero attached hydrogens (tertiary/aromatic N) is 2. The summed E-state index contributed by atoms with van der Waals surface area (Å²) in [5.74, 6) is -0.196. The van der Waals surface area contributed by atoms with Crippen molar-refractivity contribution in [3.05, 3.63) is 35.7 Å². The van der Waals surface area contributed by atoms with E-state index in [2.05, 4.69) is 10.4 Å². The summed E-state index contributed by atoms with van der Waals surface area (Å²) in [4.78, 5) is 22.0. The van der Waals surface area contributed by atoms with Crippen LogP contribution >= 0.6 is 0 Å². The first-order chi connectivity index (χ1) is 7.26. The minimum atomic E-state index is -0.196. The van der Waals surface area contributed by atoms with Crippen LogP contribution in [0.4, 0.5) is 0 Å². The maximum atomic E-state index is 11.5. The summed E-state index contributed by atoms with van der Waals surface area (Å²) in [5.41, 5.74) is 1.44. The Morgan fingerprint density at radius 1 is 1.60 bits per heavy atom. The third kappa shape index (κ3) is 1.48. The van der Waals surface area contributed by atoms with Crippen molar-refractivity contribution in [3.8, 4) is 0 Å². The standard InChI is InChI=1S/C10H9N3O2/c1-11-10(15)8-3-2-4-13-9(8)5-7(6-14)12-13/h2-6H,1H3,(H,11,15). The van der Waals surface area contributed by atoms with Crippen molar-refractivity contribution in [1.29, 1.82) is 0 Å². The minimum absolute atomic E-state index is 0.196. The third-order valence-electron chi connectivity index (χ3n) is 2.11. The van der Waals surface area contributed by atoms with Crippen molar-refractivity contribution < 1.29 is 9.59 Å². The van der Waals surface area contributed by atoms with Gasteiger partial charge in [-0.1, -0.05) is 0 Å². The van der Waals surface area contributed by atoms with Crippen molar-refractivity contribution in [2.75, 3.05) is 7.05 Å². The molecule has 0 aliphatic heterocycles. The van der Waals surface area contributed by atoms with Gasteiger partial charge in [-0.2, -0.15) is 5.10 Å². The van der Waals surface area contributed by atoms with Gasteiger partial charge >= 0.3 is 0 Å². The molecule has 0 spiro atoms. The first kappa shape index (κ1) is 9.39. The highest BCUT2D eigenvalue weighted by molar-refractivity contribution is 6.01. The molecule has 0 bridgehead atoms. The summed E-state index contributed by atoms with van der Waals surface area (Å²) >= 11 is 0. The predicted molar refractivity (Wildman–Crippen MR) is 54.0 cm³/mol. The summed E-state index contributed by atoms with van der Waals surface area (Å²) in [7, 11) is 1.56. The maximum absolute atomic E-state index is 11.5. The largest absolute Gasteiger partial charge is 0.355 e. The second-order valence-corrected chi connectivity index (χ2v) is 3.02. The van der Waals surface area contributed by atoms with E-state index in [4.69, 9.17) is 0 Å². The Morgan fingerprint density at radius 3 is 3.07 bits per heavy atom. The lowest BCUT2D eigenvalue weighted by molar-refractivity contribution is 0.0964. The lowest BCUT2D eigenvalue weighted by Gasteiger charge is -2.00. The van der Waals surface area contributed by atoms with Gasteiger partial charge in [0.15, 0.2) is 6.29 Å². The van der Waals surface area contributed by atoms with Crippen molar-refractivity contribution in [2.24, 2.45) is 0 Å². The van der Waals surface area contributed by atoms with Crippen LogP contribution in [-0.2, 0) is 0 Å². The Balaban J connectivity index is 2.69. The van der Waals surface area contributed by atoms with E-state index in [1.165, 1.54) is 4.52 Å². The summed E-state index contributed by atoms with van der Waals surface area (Å²) in [5, 5.41) is 6.51. The number of pyridine rings is 1. The number of aldehydes is 1. The van der Waals surface area contributed by atoms with Gasteiger partial charge in [-0.25, -0.2) is 4.52 Å². The molecule has 2 aromatic heterocycles. The van der Waals surface area contributed by atoms with Crippen molar-refractivity contribution in [2.45, 2.75) is 0 Å². The minimum Gasteiger partial charge on any atom is -0.355 e. The predicted octanol–water partition coefficient (Wildman–Crippen LogP) is 0.506. The van der Waals surface area contributed by atoms with Gasteiger partial charge in [-0.3, -0.25) is 9.59 Å². The van der Waals surface area contributed by atoms with Gasteiger partial charge in [-0.05, 0) is 18.2 Å². The molecule has 2 heterocycles. The Hall–Kier alpha value is -2.17. The van der Waals surface area contributed by atoms with Crippen LogP contribution in [0.5, 0.6) is 0 Å². The molecular weight excluding hydrogens is 194 g/mol. The zero-order valence-corrected chi connectivity index (χ0v) is 8.10. The van der Waals surface area contributed by atoms with Gasteiger partial charge < -0.3 is 5.32 Å². The number of hydrogen-bond acceptors (Lipinski definition) is 3. The number of hydrogen-bond donors (Lipinski definition) is 1. The number of carbonyl (C=O) groups excluding carboxylic acids is 2. The average Bonchev–Trinajstić information content (AvgIpc) is 2.70. The highest BCUT2D eigenvalue weighted by Crippen LogP contribution is 2.11. The number of fused-ring (bicyclic) bond motifs is 1. The second-order valence-electron chi connectivity index (χ2n) is 3.02. The molecule has 0 aromatic carbocycles. The van der Waals surface area contributed by atoms with E-state index in [1.54, 1.807) is 31.4 Å². The molecule has 2 aromatic rings. The van der Waals surface area contributed by atoms with Crippen LogP contribution in [0.3, 0.4) is 0 Å². The first-order valence-electron chi connectivity index (χ1n) is 4.42. The normalized spacial score (nSPS) is 10.2. The zero-order valence-electron chi connectivity index (χ0n) is 8.10. The van der Waals surface area contributed by atoms with E-state index in [0.29, 0.717) is 23.1 Å². The molecule has 0 aliphatic rings. The van der Waals surface area contributed by atoms with Gasteiger partial charge in [0.1, 0.15) is 5.69 Å². The fraction of sp³-hybridized carbons (Fsp3) is 0.100. The monoisotopic (exact) mass is 203 g/mol. The molecule has 15 heavy (non-hydrogen) atoms. The van der Waals surface area contributed by atoms with Crippen LogP contribution < -0.4 is 5.32 Å². The number of amides is 1. The quantitative estimate of drug-likeness (QED) is 0.723. The van der Waals surface area contributed by atoms with E-state index in [1.807, 2.05) is 0 Å². The lowest BCUT2D eigenvalue weighted by Crippen LogP contribution is -2.18. The van der Waals surface area contributed by atoms with E-state index < -0.39 is 0 Å². The average molecular weight is 203 g/mol. The molecule has 2 rings (SSSR count). The van der Waals surface area contributed by atoms with E-state index in [-0.39, 0.29) is 5.91 Å². The van der Waals surface area contributed by atoms with E-state index in [9.17, 15) is 9.59 Å². The summed E-state index contributed by atoms with van der Waals surface area (Å²) in [6, 6.07) is 4.97. The summed E-state index contributed by atoms with van der Waals surface area (Å²) in [6.07, 6.45) is 2.34. The molecule has 5 heteroatoms. The molecule has 0 saturated carbocycles. The summed E-state index contributed by atoms with van der Waals surface area (Å²) in [6.45, 7) is 0. The van der Waals surface area contributed by atoms with Crippen LogP contribution in [0.25, 0.3) is 5.52 Å². The Labute approximate surface area is 85.7 Å². The molecule has 5 nitrogen and oxygen atoms in total. The van der Waals surface area contributed by atoms with Crippen LogP contribution in [0.1, 0.15) is 20.8 Å². The van der Waals surface area contributed by atoms with Gasteiger partial charge in [0.05, 0.1) is 11.1 Å². The van der Waals surface area contributed by atoms with Crippen LogP contribution in [-0.4, -0.2) is 28.9 Å². The second kappa shape index (κ2) is 3.53. The molecule has 1 N–H and O–H groups in total. The lowest BCUT2D eigenvalue weighted by atomic mass is 10.2. The number of carbonyl (C=O) groups is 2. The zero-order chi connectivity index (χ0) is 10.8. The topological polar surface area (TPSA) is 63.5 Å². The van der Waals surface area contributed by atoms with Gasteiger partial charge in [0.25, 0.3) is 5.91 Å². The number of rotatable bonds is 2. The maximum Gasteiger partial charge on any atom is 0.253 e. The number of aromatic nitrogens is 2. The molecule has 0 radical (unpaired) electrons. The first-order valence-corrected chi connectivity index (χ1v) is 4.42. The fourth-order valence-electron chi connectivity index (χ4n) is 1.42. The molecular formula is C10H9N3O2. The van der Waals surface area contributed by atoms with Crippen LogP contribution in [0.15, 0.2) is 24.4 Å². The molecule has 1 amide bonds. The van der Waals surface area contributed by atoms with Crippen molar-refractivity contribution in [3.63, 3.8) is 0 Å². The Morgan fingerprint density at radius 2 is 2.40 bits per heavy atom. The SMILES string of the molecule is CNC(=O)c1cccn2nc(C=O)cc12. The van der Waals surface area contributed by atoms with Gasteiger partial charge in [0, 0.05) is 13.2 Å². The van der Waals surface area contributed by atoms with E-state index >= 15 is 0 Å².